The molecule has 1 atom stereocenters. The van der Waals surface area contributed by atoms with Gasteiger partial charge >= 0.3 is 12.0 Å². The molecule has 2 amide bonds. The van der Waals surface area contributed by atoms with Gasteiger partial charge in [0.2, 0.25) is 0 Å². The molecule has 0 aromatic rings. The number of urea groups is 1. The number of hydrogen-bond donors (Lipinski definition) is 2. The quantitative estimate of drug-likeness (QED) is 0.807. The Bertz CT molecular complexity index is 326. The Labute approximate surface area is 109 Å². The van der Waals surface area contributed by atoms with Gasteiger partial charge in [-0.25, -0.2) is 9.59 Å². The molecular weight excluding hydrogens is 232 g/mol. The van der Waals surface area contributed by atoms with Crippen molar-refractivity contribution in [1.82, 2.24) is 10.2 Å². The SMILES string of the molecule is CC(C)C(C)(C)CNC(=O)N1CCCC1C(=O)O. The van der Waals surface area contributed by atoms with Gasteiger partial charge in [-0.3, -0.25) is 0 Å². The van der Waals surface area contributed by atoms with Crippen molar-refractivity contribution in [2.24, 2.45) is 11.3 Å². The summed E-state index contributed by atoms with van der Waals surface area (Å²) in [7, 11) is 0. The van der Waals surface area contributed by atoms with E-state index in [1.54, 1.807) is 0 Å². The average Bonchev–Trinajstić information content (AvgIpc) is 2.74. The fourth-order valence-corrected chi connectivity index (χ4v) is 1.88. The van der Waals surface area contributed by atoms with Crippen molar-refractivity contribution < 1.29 is 14.7 Å². The molecule has 0 spiro atoms. The van der Waals surface area contributed by atoms with Gasteiger partial charge in [0.25, 0.3) is 0 Å². The number of nitrogens with one attached hydrogen (secondary N) is 1. The minimum Gasteiger partial charge on any atom is -0.480 e. The molecule has 0 aliphatic carbocycles. The predicted octanol–water partition coefficient (Wildman–Crippen LogP) is 1.93. The van der Waals surface area contributed by atoms with Crippen LogP contribution < -0.4 is 5.32 Å². The van der Waals surface area contributed by atoms with E-state index in [9.17, 15) is 9.59 Å². The van der Waals surface area contributed by atoms with Crippen LogP contribution in [0.4, 0.5) is 4.79 Å². The molecule has 0 aromatic heterocycles. The summed E-state index contributed by atoms with van der Waals surface area (Å²) in [4.78, 5) is 24.4. The number of amides is 2. The molecule has 0 saturated carbocycles. The van der Waals surface area contributed by atoms with Gasteiger partial charge in [0, 0.05) is 13.1 Å². The van der Waals surface area contributed by atoms with Crippen molar-refractivity contribution in [3.05, 3.63) is 0 Å². The number of carboxylic acids is 1. The first-order valence-electron chi connectivity index (χ1n) is 6.53. The molecule has 1 aliphatic rings. The summed E-state index contributed by atoms with van der Waals surface area (Å²) in [5.41, 5.74) is 0.00804. The lowest BCUT2D eigenvalue weighted by Crippen LogP contribution is -2.48. The molecule has 104 valence electrons. The van der Waals surface area contributed by atoms with E-state index >= 15 is 0 Å². The fourth-order valence-electron chi connectivity index (χ4n) is 1.88. The smallest absolute Gasteiger partial charge is 0.326 e. The zero-order valence-electron chi connectivity index (χ0n) is 11.7. The first kappa shape index (κ1) is 14.8. The van der Waals surface area contributed by atoms with Crippen LogP contribution in [-0.2, 0) is 4.79 Å². The van der Waals surface area contributed by atoms with Crippen molar-refractivity contribution in [3.8, 4) is 0 Å². The third-order valence-electron chi connectivity index (χ3n) is 4.06. The lowest BCUT2D eigenvalue weighted by atomic mass is 9.81. The van der Waals surface area contributed by atoms with E-state index in [1.807, 2.05) is 0 Å². The van der Waals surface area contributed by atoms with Crippen LogP contribution in [0, 0.1) is 11.3 Å². The molecule has 2 N–H and O–H groups in total. The Hall–Kier alpha value is -1.26. The maximum absolute atomic E-state index is 12.0. The van der Waals surface area contributed by atoms with E-state index < -0.39 is 12.0 Å². The molecule has 1 unspecified atom stereocenters. The van der Waals surface area contributed by atoms with E-state index in [1.165, 1.54) is 4.90 Å². The van der Waals surface area contributed by atoms with Gasteiger partial charge in [-0.05, 0) is 24.2 Å². The second-order valence-corrected chi connectivity index (χ2v) is 5.99. The summed E-state index contributed by atoms with van der Waals surface area (Å²) < 4.78 is 0. The first-order valence-corrected chi connectivity index (χ1v) is 6.53. The highest BCUT2D eigenvalue weighted by Gasteiger charge is 2.34. The summed E-state index contributed by atoms with van der Waals surface area (Å²) in [5, 5.41) is 11.9. The highest BCUT2D eigenvalue weighted by atomic mass is 16.4. The van der Waals surface area contributed by atoms with Gasteiger partial charge < -0.3 is 15.3 Å². The molecule has 1 fully saturated rings. The summed E-state index contributed by atoms with van der Waals surface area (Å²) in [6.45, 7) is 9.51. The third-order valence-corrected chi connectivity index (χ3v) is 4.06. The highest BCUT2D eigenvalue weighted by Crippen LogP contribution is 2.25. The number of carbonyl (C=O) groups excluding carboxylic acids is 1. The van der Waals surface area contributed by atoms with Crippen LogP contribution in [0.1, 0.15) is 40.5 Å². The van der Waals surface area contributed by atoms with Gasteiger partial charge in [0.05, 0.1) is 0 Å². The van der Waals surface area contributed by atoms with Crippen molar-refractivity contribution in [2.45, 2.75) is 46.6 Å². The van der Waals surface area contributed by atoms with E-state index in [0.717, 1.165) is 6.42 Å². The Morgan fingerprint density at radius 1 is 1.44 bits per heavy atom. The topological polar surface area (TPSA) is 69.6 Å². The van der Waals surface area contributed by atoms with Crippen LogP contribution in [0.15, 0.2) is 0 Å². The average molecular weight is 256 g/mol. The molecular formula is C13H24N2O3. The fraction of sp³-hybridized carbons (Fsp3) is 0.846. The standard InChI is InChI=1S/C13H24N2O3/c1-9(2)13(3,4)8-14-12(18)15-7-5-6-10(15)11(16)17/h9-10H,5-8H2,1-4H3,(H,14,18)(H,16,17). The van der Waals surface area contributed by atoms with Crippen LogP contribution in [0.25, 0.3) is 0 Å². The number of rotatable bonds is 4. The summed E-state index contributed by atoms with van der Waals surface area (Å²) >= 11 is 0. The molecule has 1 aliphatic heterocycles. The first-order chi connectivity index (χ1) is 8.25. The van der Waals surface area contributed by atoms with Crippen molar-refractivity contribution in [3.63, 3.8) is 0 Å². The minimum absolute atomic E-state index is 0.00804. The molecule has 1 rings (SSSR count). The predicted molar refractivity (Wildman–Crippen MR) is 69.4 cm³/mol. The van der Waals surface area contributed by atoms with Gasteiger partial charge in [-0.15, -0.1) is 0 Å². The van der Waals surface area contributed by atoms with Crippen LogP contribution in [0.5, 0.6) is 0 Å². The van der Waals surface area contributed by atoms with E-state index in [0.29, 0.717) is 25.4 Å². The van der Waals surface area contributed by atoms with Gasteiger partial charge in [-0.1, -0.05) is 27.7 Å². The molecule has 0 aromatic carbocycles. The van der Waals surface area contributed by atoms with Crippen LogP contribution >= 0.6 is 0 Å². The monoisotopic (exact) mass is 256 g/mol. The third kappa shape index (κ3) is 3.37. The second kappa shape index (κ2) is 5.59. The minimum atomic E-state index is -0.911. The van der Waals surface area contributed by atoms with E-state index in [4.69, 9.17) is 5.11 Å². The highest BCUT2D eigenvalue weighted by molar-refractivity contribution is 5.83. The summed E-state index contributed by atoms with van der Waals surface area (Å²) in [6, 6.07) is -0.916. The van der Waals surface area contributed by atoms with Crippen molar-refractivity contribution >= 4 is 12.0 Å². The second-order valence-electron chi connectivity index (χ2n) is 5.99. The Morgan fingerprint density at radius 2 is 2.06 bits per heavy atom. The summed E-state index contributed by atoms with van der Waals surface area (Å²) in [5.74, 6) is -0.461. The lowest BCUT2D eigenvalue weighted by Gasteiger charge is -2.31. The zero-order valence-corrected chi connectivity index (χ0v) is 11.7. The molecule has 5 nitrogen and oxygen atoms in total. The zero-order chi connectivity index (χ0) is 13.9. The number of carboxylic acid groups (broad SMARTS) is 1. The normalized spacial score (nSPS) is 20.3. The number of hydrogen-bond acceptors (Lipinski definition) is 2. The largest absolute Gasteiger partial charge is 0.480 e. The van der Waals surface area contributed by atoms with Gasteiger partial charge in [0.15, 0.2) is 0 Å². The molecule has 18 heavy (non-hydrogen) atoms. The van der Waals surface area contributed by atoms with Crippen molar-refractivity contribution in [1.29, 1.82) is 0 Å². The van der Waals surface area contributed by atoms with E-state index in [-0.39, 0.29) is 11.4 Å². The van der Waals surface area contributed by atoms with Crippen LogP contribution in [0.3, 0.4) is 0 Å². The Morgan fingerprint density at radius 3 is 2.56 bits per heavy atom. The van der Waals surface area contributed by atoms with Crippen LogP contribution in [-0.4, -0.2) is 41.1 Å². The number of likely N-dealkylation sites (tertiary alicyclic amines) is 1. The maximum Gasteiger partial charge on any atom is 0.326 e. The number of aliphatic carboxylic acids is 1. The molecule has 0 radical (unpaired) electrons. The Balaban J connectivity index is 2.53. The number of carbonyl (C=O) groups is 2. The molecule has 1 saturated heterocycles. The molecule has 0 bridgehead atoms. The van der Waals surface area contributed by atoms with Crippen LogP contribution in [0.2, 0.25) is 0 Å². The summed E-state index contributed by atoms with van der Waals surface area (Å²) in [6.07, 6.45) is 1.31. The molecule has 1 heterocycles. The van der Waals surface area contributed by atoms with E-state index in [2.05, 4.69) is 33.0 Å². The van der Waals surface area contributed by atoms with Gasteiger partial charge in [0.1, 0.15) is 6.04 Å². The van der Waals surface area contributed by atoms with Gasteiger partial charge in [-0.2, -0.15) is 0 Å². The maximum atomic E-state index is 12.0. The lowest BCUT2D eigenvalue weighted by molar-refractivity contribution is -0.141. The van der Waals surface area contributed by atoms with Crippen molar-refractivity contribution in [2.75, 3.05) is 13.1 Å². The number of nitrogens with zero attached hydrogens (tertiary/aromatic N) is 1. The molecule has 5 heteroatoms. The Kier molecular flexibility index (Phi) is 4.59.